The summed E-state index contributed by atoms with van der Waals surface area (Å²) in [5.41, 5.74) is 6.93. The summed E-state index contributed by atoms with van der Waals surface area (Å²) in [5, 5.41) is 6.49. The van der Waals surface area contributed by atoms with Crippen molar-refractivity contribution in [2.75, 3.05) is 12.3 Å². The predicted molar refractivity (Wildman–Crippen MR) is 70.9 cm³/mol. The minimum atomic E-state index is -0.283. The van der Waals surface area contributed by atoms with Crippen LogP contribution in [0.4, 0.5) is 5.69 Å². The van der Waals surface area contributed by atoms with Gasteiger partial charge in [0.25, 0.3) is 11.8 Å². The second-order valence-corrected chi connectivity index (χ2v) is 4.60. The lowest BCUT2D eigenvalue weighted by molar-refractivity contribution is 0.0652. The molecular formula is C13H13N5O2. The van der Waals surface area contributed by atoms with Crippen molar-refractivity contribution in [3.05, 3.63) is 41.5 Å². The van der Waals surface area contributed by atoms with Crippen molar-refractivity contribution in [3.63, 3.8) is 0 Å². The molecule has 0 saturated heterocycles. The Morgan fingerprint density at radius 2 is 2.00 bits per heavy atom. The van der Waals surface area contributed by atoms with Crippen LogP contribution in [0.1, 0.15) is 33.0 Å². The molecule has 7 nitrogen and oxygen atoms in total. The number of benzene rings is 1. The maximum Gasteiger partial charge on any atom is 0.261 e. The summed E-state index contributed by atoms with van der Waals surface area (Å²) in [6.45, 7) is 0.354. The number of carbonyl (C=O) groups is 2. The average Bonchev–Trinajstić information content (AvgIpc) is 3.02. The van der Waals surface area contributed by atoms with Crippen molar-refractivity contribution in [2.45, 2.75) is 12.8 Å². The Balaban J connectivity index is 1.70. The summed E-state index contributed by atoms with van der Waals surface area (Å²) in [7, 11) is 0. The third kappa shape index (κ3) is 2.03. The third-order valence-electron chi connectivity index (χ3n) is 3.25. The number of hydrogen-bond acceptors (Lipinski definition) is 5. The topological polar surface area (TPSA) is 105 Å². The van der Waals surface area contributed by atoms with Gasteiger partial charge in [-0.2, -0.15) is 5.10 Å². The molecule has 0 unspecified atom stereocenters. The van der Waals surface area contributed by atoms with Crippen molar-refractivity contribution in [2.24, 2.45) is 0 Å². The van der Waals surface area contributed by atoms with E-state index in [4.69, 9.17) is 5.73 Å². The number of H-pyrrole nitrogens is 1. The molecule has 0 saturated carbocycles. The van der Waals surface area contributed by atoms with E-state index in [1.807, 2.05) is 0 Å². The van der Waals surface area contributed by atoms with Gasteiger partial charge in [0.05, 0.1) is 11.1 Å². The Bertz CT molecular complexity index is 665. The van der Waals surface area contributed by atoms with Crippen LogP contribution in [0.3, 0.4) is 0 Å². The first-order valence-electron chi connectivity index (χ1n) is 6.27. The molecule has 0 atom stereocenters. The molecule has 2 heterocycles. The van der Waals surface area contributed by atoms with E-state index in [1.165, 1.54) is 11.2 Å². The molecule has 1 aromatic heterocycles. The van der Waals surface area contributed by atoms with Crippen LogP contribution >= 0.6 is 0 Å². The normalized spacial score (nSPS) is 13.9. The van der Waals surface area contributed by atoms with Crippen molar-refractivity contribution in [1.29, 1.82) is 0 Å². The van der Waals surface area contributed by atoms with Crippen molar-refractivity contribution < 1.29 is 9.59 Å². The Morgan fingerprint density at radius 1 is 1.20 bits per heavy atom. The van der Waals surface area contributed by atoms with Crippen LogP contribution in [0.2, 0.25) is 0 Å². The second-order valence-electron chi connectivity index (χ2n) is 4.60. The van der Waals surface area contributed by atoms with Crippen molar-refractivity contribution in [3.8, 4) is 0 Å². The summed E-state index contributed by atoms with van der Waals surface area (Å²) >= 11 is 0. The first kappa shape index (κ1) is 12.3. The molecule has 0 aliphatic carbocycles. The summed E-state index contributed by atoms with van der Waals surface area (Å²) < 4.78 is 0. The van der Waals surface area contributed by atoms with E-state index in [0.29, 0.717) is 36.2 Å². The molecule has 20 heavy (non-hydrogen) atoms. The highest BCUT2D eigenvalue weighted by atomic mass is 16.2. The van der Waals surface area contributed by atoms with Crippen LogP contribution in [0.25, 0.3) is 0 Å². The van der Waals surface area contributed by atoms with Gasteiger partial charge in [-0.15, -0.1) is 0 Å². The molecule has 1 aromatic carbocycles. The van der Waals surface area contributed by atoms with Crippen molar-refractivity contribution >= 4 is 17.5 Å². The molecule has 102 valence electrons. The van der Waals surface area contributed by atoms with E-state index in [1.54, 1.807) is 18.2 Å². The average molecular weight is 271 g/mol. The highest BCUT2D eigenvalue weighted by molar-refractivity contribution is 6.21. The molecule has 2 amide bonds. The molecule has 0 bridgehead atoms. The lowest BCUT2D eigenvalue weighted by Crippen LogP contribution is -2.31. The lowest BCUT2D eigenvalue weighted by atomic mass is 10.1. The summed E-state index contributed by atoms with van der Waals surface area (Å²) in [5.74, 6) is 0.197. The number of aryl methyl sites for hydroxylation is 1. The Labute approximate surface area is 114 Å². The zero-order chi connectivity index (χ0) is 14.1. The number of fused-ring (bicyclic) bond motifs is 1. The number of carbonyl (C=O) groups excluding carboxylic acids is 2. The summed E-state index contributed by atoms with van der Waals surface area (Å²) in [4.78, 5) is 29.6. The number of amides is 2. The minimum absolute atomic E-state index is 0.262. The quantitative estimate of drug-likeness (QED) is 0.626. The van der Waals surface area contributed by atoms with Gasteiger partial charge in [-0.3, -0.25) is 19.6 Å². The molecule has 3 rings (SSSR count). The van der Waals surface area contributed by atoms with Crippen LogP contribution in [0, 0.1) is 0 Å². The molecule has 2 aromatic rings. The largest absolute Gasteiger partial charge is 0.399 e. The Hall–Kier alpha value is -2.70. The van der Waals surface area contributed by atoms with E-state index in [-0.39, 0.29) is 11.8 Å². The Morgan fingerprint density at radius 3 is 2.75 bits per heavy atom. The van der Waals surface area contributed by atoms with Crippen LogP contribution < -0.4 is 5.73 Å². The van der Waals surface area contributed by atoms with Gasteiger partial charge in [0.15, 0.2) is 0 Å². The van der Waals surface area contributed by atoms with Gasteiger partial charge in [-0.25, -0.2) is 4.98 Å². The van der Waals surface area contributed by atoms with Gasteiger partial charge in [-0.1, -0.05) is 0 Å². The molecule has 0 spiro atoms. The van der Waals surface area contributed by atoms with E-state index < -0.39 is 0 Å². The lowest BCUT2D eigenvalue weighted by Gasteiger charge is -2.12. The first-order chi connectivity index (χ1) is 9.66. The van der Waals surface area contributed by atoms with Gasteiger partial charge in [0, 0.05) is 18.7 Å². The number of aromatic nitrogens is 3. The zero-order valence-corrected chi connectivity index (χ0v) is 10.7. The van der Waals surface area contributed by atoms with E-state index >= 15 is 0 Å². The van der Waals surface area contributed by atoms with Gasteiger partial charge in [0.2, 0.25) is 0 Å². The van der Waals surface area contributed by atoms with E-state index in [2.05, 4.69) is 15.2 Å². The first-order valence-corrected chi connectivity index (χ1v) is 6.27. The molecule has 3 N–H and O–H groups in total. The highest BCUT2D eigenvalue weighted by Crippen LogP contribution is 2.24. The number of nitrogens with zero attached hydrogens (tertiary/aromatic N) is 3. The minimum Gasteiger partial charge on any atom is -0.399 e. The fourth-order valence-corrected chi connectivity index (χ4v) is 2.27. The number of imide groups is 1. The third-order valence-corrected chi connectivity index (χ3v) is 3.25. The molecule has 0 radical (unpaired) electrons. The SMILES string of the molecule is Nc1ccc2c(c1)C(=O)N(CCCc1ncn[nH]1)C2=O. The second kappa shape index (κ2) is 4.76. The monoisotopic (exact) mass is 271 g/mol. The summed E-state index contributed by atoms with van der Waals surface area (Å²) in [6.07, 6.45) is 2.70. The standard InChI is InChI=1S/C13H13N5O2/c14-8-3-4-9-10(6-8)13(20)18(12(9)19)5-1-2-11-15-7-16-17-11/h3-4,6-7H,1-2,5,14H2,(H,15,16,17). The van der Waals surface area contributed by atoms with Crippen LogP contribution in [0.5, 0.6) is 0 Å². The predicted octanol–water partition coefficient (Wildman–Crippen LogP) is 0.616. The number of nitrogens with two attached hydrogens (primary N) is 1. The van der Waals surface area contributed by atoms with Gasteiger partial charge in [-0.05, 0) is 24.6 Å². The highest BCUT2D eigenvalue weighted by Gasteiger charge is 2.34. The van der Waals surface area contributed by atoms with Gasteiger partial charge >= 0.3 is 0 Å². The molecule has 1 aliphatic rings. The van der Waals surface area contributed by atoms with Gasteiger partial charge in [0.1, 0.15) is 12.2 Å². The smallest absolute Gasteiger partial charge is 0.261 e. The molecule has 0 fully saturated rings. The number of aromatic amines is 1. The van der Waals surface area contributed by atoms with E-state index in [0.717, 1.165) is 5.82 Å². The van der Waals surface area contributed by atoms with E-state index in [9.17, 15) is 9.59 Å². The van der Waals surface area contributed by atoms with Gasteiger partial charge < -0.3 is 5.73 Å². The number of rotatable bonds is 4. The van der Waals surface area contributed by atoms with Crippen LogP contribution in [-0.4, -0.2) is 38.4 Å². The maximum absolute atomic E-state index is 12.2. The number of nitrogen functional groups attached to an aromatic ring is 1. The van der Waals surface area contributed by atoms with Crippen LogP contribution in [0.15, 0.2) is 24.5 Å². The fraction of sp³-hybridized carbons (Fsp3) is 0.231. The zero-order valence-electron chi connectivity index (χ0n) is 10.7. The summed E-state index contributed by atoms with van der Waals surface area (Å²) in [6, 6.07) is 4.77. The maximum atomic E-state index is 12.2. The van der Waals surface area contributed by atoms with Crippen molar-refractivity contribution in [1.82, 2.24) is 20.1 Å². The molecular weight excluding hydrogens is 258 g/mol. The fourth-order valence-electron chi connectivity index (χ4n) is 2.27. The number of hydrogen-bond donors (Lipinski definition) is 2. The van der Waals surface area contributed by atoms with Crippen LogP contribution in [-0.2, 0) is 6.42 Å². The number of anilines is 1. The molecule has 1 aliphatic heterocycles. The number of nitrogens with one attached hydrogen (secondary N) is 1. The Kier molecular flexibility index (Phi) is 2.94. The molecule has 7 heteroatoms.